The topological polar surface area (TPSA) is 49.8 Å². The molecule has 4 nitrogen and oxygen atoms in total. The van der Waals surface area contributed by atoms with Crippen LogP contribution in [0.2, 0.25) is 0 Å². The molecule has 0 spiro atoms. The fourth-order valence-corrected chi connectivity index (χ4v) is 4.01. The van der Waals surface area contributed by atoms with E-state index >= 15 is 0 Å². The number of carbonyl (C=O) groups excluding carboxylic acids is 1. The minimum atomic E-state index is -0.492. The van der Waals surface area contributed by atoms with Gasteiger partial charge in [0.25, 0.3) is 0 Å². The lowest BCUT2D eigenvalue weighted by Crippen LogP contribution is -2.52. The third-order valence-electron chi connectivity index (χ3n) is 4.82. The minimum Gasteiger partial charge on any atom is -0.508 e. The SMILES string of the molecule is CC(C)(C)OC(=O)N1C2CCCC1(c1cccc(O)c1)CC2. The zero-order chi connectivity index (χ0) is 16.0. The van der Waals surface area contributed by atoms with E-state index in [0.29, 0.717) is 0 Å². The van der Waals surface area contributed by atoms with Crippen molar-refractivity contribution in [2.75, 3.05) is 0 Å². The van der Waals surface area contributed by atoms with E-state index in [4.69, 9.17) is 4.74 Å². The third kappa shape index (κ3) is 2.55. The van der Waals surface area contributed by atoms with E-state index in [0.717, 1.165) is 37.7 Å². The molecule has 0 saturated carbocycles. The van der Waals surface area contributed by atoms with Gasteiger partial charge in [-0.25, -0.2) is 4.79 Å². The standard InChI is InChI=1S/C18H25NO3/c1-17(2,3)22-16(21)19-14-7-5-10-18(19,11-9-14)13-6-4-8-15(20)12-13/h4,6,8,12,14,20H,5,7,9-11H2,1-3H3. The molecule has 1 aromatic carbocycles. The molecule has 2 saturated heterocycles. The van der Waals surface area contributed by atoms with Crippen LogP contribution in [-0.2, 0) is 10.3 Å². The molecule has 2 atom stereocenters. The number of aromatic hydroxyl groups is 1. The number of benzene rings is 1. The highest BCUT2D eigenvalue weighted by atomic mass is 16.6. The Bertz CT molecular complexity index is 574. The van der Waals surface area contributed by atoms with Crippen molar-refractivity contribution >= 4 is 6.09 Å². The van der Waals surface area contributed by atoms with Gasteiger partial charge in [0.15, 0.2) is 0 Å². The zero-order valence-electron chi connectivity index (χ0n) is 13.6. The average molecular weight is 303 g/mol. The van der Waals surface area contributed by atoms with Crippen molar-refractivity contribution in [3.05, 3.63) is 29.8 Å². The summed E-state index contributed by atoms with van der Waals surface area (Å²) in [6.45, 7) is 5.70. The zero-order valence-corrected chi connectivity index (χ0v) is 13.6. The lowest BCUT2D eigenvalue weighted by Gasteiger charge is -2.45. The van der Waals surface area contributed by atoms with Crippen molar-refractivity contribution in [3.63, 3.8) is 0 Å². The third-order valence-corrected chi connectivity index (χ3v) is 4.82. The van der Waals surface area contributed by atoms with Gasteiger partial charge in [0, 0.05) is 6.04 Å². The van der Waals surface area contributed by atoms with E-state index < -0.39 is 5.60 Å². The summed E-state index contributed by atoms with van der Waals surface area (Å²) >= 11 is 0. The van der Waals surface area contributed by atoms with Crippen molar-refractivity contribution in [1.29, 1.82) is 0 Å². The van der Waals surface area contributed by atoms with Crippen LogP contribution in [0.15, 0.2) is 24.3 Å². The Balaban J connectivity index is 1.98. The Kier molecular flexibility index (Phi) is 3.58. The first-order valence-corrected chi connectivity index (χ1v) is 8.14. The summed E-state index contributed by atoms with van der Waals surface area (Å²) in [6, 6.07) is 7.60. The molecule has 2 heterocycles. The summed E-state index contributed by atoms with van der Waals surface area (Å²) in [7, 11) is 0. The number of hydrogen-bond acceptors (Lipinski definition) is 3. The number of rotatable bonds is 1. The predicted octanol–water partition coefficient (Wildman–Crippen LogP) is 4.17. The van der Waals surface area contributed by atoms with Crippen LogP contribution < -0.4 is 0 Å². The van der Waals surface area contributed by atoms with E-state index in [1.165, 1.54) is 0 Å². The van der Waals surface area contributed by atoms with Crippen LogP contribution in [0.5, 0.6) is 5.75 Å². The van der Waals surface area contributed by atoms with Crippen molar-refractivity contribution < 1.29 is 14.6 Å². The van der Waals surface area contributed by atoms with Crippen LogP contribution in [0, 0.1) is 0 Å². The van der Waals surface area contributed by atoms with Gasteiger partial charge in [0.2, 0.25) is 0 Å². The van der Waals surface area contributed by atoms with Gasteiger partial charge in [-0.05, 0) is 70.6 Å². The van der Waals surface area contributed by atoms with Crippen LogP contribution in [0.25, 0.3) is 0 Å². The molecule has 2 bridgehead atoms. The van der Waals surface area contributed by atoms with E-state index in [1.54, 1.807) is 12.1 Å². The highest BCUT2D eigenvalue weighted by molar-refractivity contribution is 5.71. The summed E-state index contributed by atoms with van der Waals surface area (Å²) in [4.78, 5) is 14.7. The summed E-state index contributed by atoms with van der Waals surface area (Å²) in [5, 5.41) is 9.84. The quantitative estimate of drug-likeness (QED) is 0.847. The summed E-state index contributed by atoms with van der Waals surface area (Å²) in [5.74, 6) is 0.255. The molecular weight excluding hydrogens is 278 g/mol. The van der Waals surface area contributed by atoms with Crippen molar-refractivity contribution in [2.24, 2.45) is 0 Å². The molecule has 120 valence electrons. The molecule has 1 aromatic rings. The van der Waals surface area contributed by atoms with Crippen LogP contribution >= 0.6 is 0 Å². The first kappa shape index (κ1) is 15.2. The second kappa shape index (κ2) is 5.18. The van der Waals surface area contributed by atoms with Crippen molar-refractivity contribution in [1.82, 2.24) is 4.90 Å². The number of fused-ring (bicyclic) bond motifs is 2. The molecule has 4 heteroatoms. The monoisotopic (exact) mass is 303 g/mol. The molecule has 2 aliphatic rings. The van der Waals surface area contributed by atoms with Gasteiger partial charge in [-0.15, -0.1) is 0 Å². The van der Waals surface area contributed by atoms with Gasteiger partial charge in [-0.3, -0.25) is 4.90 Å². The number of nitrogens with zero attached hydrogens (tertiary/aromatic N) is 1. The van der Waals surface area contributed by atoms with Crippen molar-refractivity contribution in [3.8, 4) is 5.75 Å². The Morgan fingerprint density at radius 1 is 1.32 bits per heavy atom. The first-order chi connectivity index (χ1) is 10.3. The van der Waals surface area contributed by atoms with E-state index in [-0.39, 0.29) is 23.4 Å². The van der Waals surface area contributed by atoms with E-state index in [1.807, 2.05) is 37.8 Å². The Morgan fingerprint density at radius 2 is 2.09 bits per heavy atom. The number of phenolic OH excluding ortho intramolecular Hbond substituents is 1. The average Bonchev–Trinajstić information content (AvgIpc) is 2.65. The summed E-state index contributed by atoms with van der Waals surface area (Å²) in [6.07, 6.45) is 4.82. The fourth-order valence-electron chi connectivity index (χ4n) is 4.01. The summed E-state index contributed by atoms with van der Waals surface area (Å²) < 4.78 is 5.66. The maximum absolute atomic E-state index is 12.8. The Morgan fingerprint density at radius 3 is 2.77 bits per heavy atom. The van der Waals surface area contributed by atoms with Gasteiger partial charge in [-0.2, -0.15) is 0 Å². The number of hydrogen-bond donors (Lipinski definition) is 1. The number of carbonyl (C=O) groups is 1. The summed E-state index contributed by atoms with van der Waals surface area (Å²) in [5.41, 5.74) is 0.221. The second-order valence-electron chi connectivity index (χ2n) is 7.52. The lowest BCUT2D eigenvalue weighted by molar-refractivity contribution is -0.0161. The van der Waals surface area contributed by atoms with Crippen LogP contribution in [0.1, 0.15) is 58.4 Å². The molecule has 0 radical (unpaired) electrons. The van der Waals surface area contributed by atoms with Gasteiger partial charge >= 0.3 is 6.09 Å². The molecule has 1 N–H and O–H groups in total. The Hall–Kier alpha value is -1.71. The molecule has 22 heavy (non-hydrogen) atoms. The van der Waals surface area contributed by atoms with Crippen molar-refractivity contribution in [2.45, 2.75) is 70.1 Å². The number of amides is 1. The highest BCUT2D eigenvalue weighted by Crippen LogP contribution is 2.51. The largest absolute Gasteiger partial charge is 0.508 e. The van der Waals surface area contributed by atoms with Gasteiger partial charge in [0.1, 0.15) is 11.4 Å². The highest BCUT2D eigenvalue weighted by Gasteiger charge is 2.53. The van der Waals surface area contributed by atoms with Crippen LogP contribution in [0.4, 0.5) is 4.79 Å². The maximum atomic E-state index is 12.8. The normalized spacial score (nSPS) is 27.8. The minimum absolute atomic E-state index is 0.224. The van der Waals surface area contributed by atoms with E-state index in [2.05, 4.69) is 0 Å². The molecule has 1 amide bonds. The smallest absolute Gasteiger partial charge is 0.411 e. The second-order valence-corrected chi connectivity index (χ2v) is 7.52. The van der Waals surface area contributed by atoms with Gasteiger partial charge in [-0.1, -0.05) is 12.1 Å². The lowest BCUT2D eigenvalue weighted by atomic mass is 9.81. The molecular formula is C18H25NO3. The molecule has 2 fully saturated rings. The molecule has 0 aliphatic carbocycles. The first-order valence-electron chi connectivity index (χ1n) is 8.14. The maximum Gasteiger partial charge on any atom is 0.411 e. The number of phenols is 1. The number of piperidine rings is 1. The van der Waals surface area contributed by atoms with Crippen LogP contribution in [0.3, 0.4) is 0 Å². The molecule has 0 aromatic heterocycles. The predicted molar refractivity (Wildman–Crippen MR) is 84.7 cm³/mol. The molecule has 2 unspecified atom stereocenters. The van der Waals surface area contributed by atoms with E-state index in [9.17, 15) is 9.90 Å². The van der Waals surface area contributed by atoms with Crippen LogP contribution in [-0.4, -0.2) is 27.7 Å². The number of ether oxygens (including phenoxy) is 1. The fraction of sp³-hybridized carbons (Fsp3) is 0.611. The molecule has 2 aliphatic heterocycles. The van der Waals surface area contributed by atoms with Gasteiger partial charge in [0.05, 0.1) is 5.54 Å². The Labute approximate surface area is 132 Å². The molecule has 3 rings (SSSR count). The van der Waals surface area contributed by atoms with Gasteiger partial charge < -0.3 is 9.84 Å².